The van der Waals surface area contributed by atoms with Gasteiger partial charge in [-0.2, -0.15) is 0 Å². The Morgan fingerprint density at radius 1 is 1.64 bits per heavy atom. The molecule has 1 rings (SSSR count). The highest BCUT2D eigenvalue weighted by molar-refractivity contribution is 5.67. The zero-order valence-electron chi connectivity index (χ0n) is 8.53. The molecule has 4 nitrogen and oxygen atoms in total. The zero-order valence-corrected chi connectivity index (χ0v) is 8.53. The molecular weight excluding hydrogens is 184 g/mol. The van der Waals surface area contributed by atoms with Gasteiger partial charge < -0.3 is 14.6 Å². The van der Waals surface area contributed by atoms with Crippen LogP contribution in [0, 0.1) is 0 Å². The summed E-state index contributed by atoms with van der Waals surface area (Å²) in [7, 11) is 0. The second kappa shape index (κ2) is 4.11. The molecule has 0 aliphatic carbocycles. The first-order chi connectivity index (χ1) is 6.43. The highest BCUT2D eigenvalue weighted by Gasteiger charge is 2.34. The van der Waals surface area contributed by atoms with Crippen LogP contribution in [0.25, 0.3) is 0 Å². The van der Waals surface area contributed by atoms with Gasteiger partial charge in [0.2, 0.25) is 0 Å². The summed E-state index contributed by atoms with van der Waals surface area (Å²) >= 11 is 0. The summed E-state index contributed by atoms with van der Waals surface area (Å²) in [5.41, 5.74) is 0. The van der Waals surface area contributed by atoms with Crippen molar-refractivity contribution < 1.29 is 19.4 Å². The Bertz CT molecular complexity index is 234. The molecular formula is C10H16O4. The highest BCUT2D eigenvalue weighted by Crippen LogP contribution is 2.28. The lowest BCUT2D eigenvalue weighted by Crippen LogP contribution is -2.44. The number of aliphatic carboxylic acids is 1. The van der Waals surface area contributed by atoms with Gasteiger partial charge in [0, 0.05) is 6.42 Å². The standard InChI is InChI=1S/C10H16O4/c1-4-7-5-8(6-9(11)12)14-10(2,3)13-7/h4,7-8H,1,5-6H2,2-3H3,(H,11,12). The third kappa shape index (κ3) is 3.12. The van der Waals surface area contributed by atoms with E-state index in [4.69, 9.17) is 14.6 Å². The number of carboxylic acids is 1. The van der Waals surface area contributed by atoms with Crippen molar-refractivity contribution in [3.8, 4) is 0 Å². The summed E-state index contributed by atoms with van der Waals surface area (Å²) in [4.78, 5) is 10.5. The Morgan fingerprint density at radius 3 is 2.79 bits per heavy atom. The normalized spacial score (nSPS) is 31.0. The molecule has 0 aromatic carbocycles. The lowest BCUT2D eigenvalue weighted by molar-refractivity contribution is -0.290. The quantitative estimate of drug-likeness (QED) is 0.702. The van der Waals surface area contributed by atoms with Crippen LogP contribution < -0.4 is 0 Å². The molecule has 0 aromatic rings. The topological polar surface area (TPSA) is 55.8 Å². The predicted molar refractivity (Wildman–Crippen MR) is 50.9 cm³/mol. The number of rotatable bonds is 3. The van der Waals surface area contributed by atoms with E-state index in [1.165, 1.54) is 0 Å². The summed E-state index contributed by atoms with van der Waals surface area (Å²) < 4.78 is 11.0. The van der Waals surface area contributed by atoms with Gasteiger partial charge in [-0.15, -0.1) is 6.58 Å². The molecule has 14 heavy (non-hydrogen) atoms. The fourth-order valence-corrected chi connectivity index (χ4v) is 1.61. The fourth-order valence-electron chi connectivity index (χ4n) is 1.61. The van der Waals surface area contributed by atoms with E-state index in [1.807, 2.05) is 0 Å². The Labute approximate surface area is 83.5 Å². The molecule has 0 saturated carbocycles. The van der Waals surface area contributed by atoms with Crippen LogP contribution in [0.3, 0.4) is 0 Å². The molecule has 0 amide bonds. The molecule has 2 unspecified atom stereocenters. The molecule has 1 N–H and O–H groups in total. The third-order valence-electron chi connectivity index (χ3n) is 2.05. The van der Waals surface area contributed by atoms with E-state index in [1.54, 1.807) is 19.9 Å². The fraction of sp³-hybridized carbons (Fsp3) is 0.700. The van der Waals surface area contributed by atoms with Gasteiger partial charge in [0.1, 0.15) is 0 Å². The molecule has 0 bridgehead atoms. The number of carboxylic acid groups (broad SMARTS) is 1. The van der Waals surface area contributed by atoms with E-state index in [0.29, 0.717) is 6.42 Å². The van der Waals surface area contributed by atoms with Crippen molar-refractivity contribution in [1.82, 2.24) is 0 Å². The van der Waals surface area contributed by atoms with Gasteiger partial charge >= 0.3 is 5.97 Å². The third-order valence-corrected chi connectivity index (χ3v) is 2.05. The van der Waals surface area contributed by atoms with Crippen molar-refractivity contribution in [3.05, 3.63) is 12.7 Å². The predicted octanol–water partition coefficient (Wildman–Crippen LogP) is 1.56. The number of ether oxygens (including phenoxy) is 2. The molecule has 4 heteroatoms. The summed E-state index contributed by atoms with van der Waals surface area (Å²) in [5, 5.41) is 8.65. The number of carbonyl (C=O) groups is 1. The van der Waals surface area contributed by atoms with E-state index in [9.17, 15) is 4.79 Å². The Hall–Kier alpha value is -0.870. The van der Waals surface area contributed by atoms with Crippen LogP contribution in [0.5, 0.6) is 0 Å². The summed E-state index contributed by atoms with van der Waals surface area (Å²) in [6.07, 6.45) is 1.83. The molecule has 1 aliphatic rings. The van der Waals surface area contributed by atoms with E-state index in [-0.39, 0.29) is 18.6 Å². The maximum absolute atomic E-state index is 10.5. The van der Waals surface area contributed by atoms with Crippen LogP contribution in [0.2, 0.25) is 0 Å². The van der Waals surface area contributed by atoms with Crippen molar-refractivity contribution in [2.45, 2.75) is 44.7 Å². The van der Waals surface area contributed by atoms with Gasteiger partial charge in [-0.3, -0.25) is 4.79 Å². The lowest BCUT2D eigenvalue weighted by Gasteiger charge is -2.39. The molecule has 2 atom stereocenters. The van der Waals surface area contributed by atoms with Crippen LogP contribution in [0.15, 0.2) is 12.7 Å². The minimum atomic E-state index is -0.851. The minimum Gasteiger partial charge on any atom is -0.481 e. The molecule has 1 aliphatic heterocycles. The minimum absolute atomic E-state index is 0.0110. The van der Waals surface area contributed by atoms with E-state index in [0.717, 1.165) is 0 Å². The lowest BCUT2D eigenvalue weighted by atomic mass is 10.1. The van der Waals surface area contributed by atoms with E-state index >= 15 is 0 Å². The maximum Gasteiger partial charge on any atom is 0.305 e. The van der Waals surface area contributed by atoms with Gasteiger partial charge in [0.05, 0.1) is 18.6 Å². The average Bonchev–Trinajstić information content (AvgIpc) is 1.99. The van der Waals surface area contributed by atoms with E-state index in [2.05, 4.69) is 6.58 Å². The Balaban J connectivity index is 2.60. The van der Waals surface area contributed by atoms with Crippen LogP contribution in [-0.2, 0) is 14.3 Å². The average molecular weight is 200 g/mol. The van der Waals surface area contributed by atoms with Gasteiger partial charge in [0.15, 0.2) is 5.79 Å². The van der Waals surface area contributed by atoms with Crippen LogP contribution in [-0.4, -0.2) is 29.1 Å². The van der Waals surface area contributed by atoms with Gasteiger partial charge in [-0.25, -0.2) is 0 Å². The second-order valence-electron chi connectivity index (χ2n) is 3.87. The van der Waals surface area contributed by atoms with Crippen molar-refractivity contribution in [1.29, 1.82) is 0 Å². The van der Waals surface area contributed by atoms with Crippen LogP contribution >= 0.6 is 0 Å². The van der Waals surface area contributed by atoms with Crippen molar-refractivity contribution in [2.24, 2.45) is 0 Å². The van der Waals surface area contributed by atoms with E-state index < -0.39 is 11.8 Å². The monoisotopic (exact) mass is 200 g/mol. The van der Waals surface area contributed by atoms with Crippen molar-refractivity contribution >= 4 is 5.97 Å². The molecule has 0 aromatic heterocycles. The Morgan fingerprint density at radius 2 is 2.29 bits per heavy atom. The Kier molecular flexibility index (Phi) is 3.29. The van der Waals surface area contributed by atoms with Crippen molar-refractivity contribution in [3.63, 3.8) is 0 Å². The SMILES string of the molecule is C=CC1CC(CC(=O)O)OC(C)(C)O1. The van der Waals surface area contributed by atoms with Gasteiger partial charge in [0.25, 0.3) is 0 Å². The highest BCUT2D eigenvalue weighted by atomic mass is 16.7. The molecule has 0 radical (unpaired) electrons. The van der Waals surface area contributed by atoms with Gasteiger partial charge in [-0.1, -0.05) is 6.08 Å². The first-order valence-electron chi connectivity index (χ1n) is 4.63. The number of hydrogen-bond donors (Lipinski definition) is 1. The number of hydrogen-bond acceptors (Lipinski definition) is 3. The molecule has 1 fully saturated rings. The molecule has 80 valence electrons. The van der Waals surface area contributed by atoms with Crippen LogP contribution in [0.1, 0.15) is 26.7 Å². The summed E-state index contributed by atoms with van der Waals surface area (Å²) in [6.45, 7) is 7.19. The molecule has 1 heterocycles. The first kappa shape index (κ1) is 11.2. The second-order valence-corrected chi connectivity index (χ2v) is 3.87. The first-order valence-corrected chi connectivity index (χ1v) is 4.63. The van der Waals surface area contributed by atoms with Crippen molar-refractivity contribution in [2.75, 3.05) is 0 Å². The molecule has 1 saturated heterocycles. The zero-order chi connectivity index (χ0) is 10.8. The largest absolute Gasteiger partial charge is 0.481 e. The maximum atomic E-state index is 10.5. The summed E-state index contributed by atoms with van der Waals surface area (Å²) in [6, 6.07) is 0. The summed E-state index contributed by atoms with van der Waals surface area (Å²) in [5.74, 6) is -1.58. The van der Waals surface area contributed by atoms with Gasteiger partial charge in [-0.05, 0) is 13.8 Å². The molecule has 0 spiro atoms. The smallest absolute Gasteiger partial charge is 0.305 e. The van der Waals surface area contributed by atoms with Crippen LogP contribution in [0.4, 0.5) is 0 Å².